The highest BCUT2D eigenvalue weighted by Gasteiger charge is 2.12. The molecule has 0 aromatic heterocycles. The van der Waals surface area contributed by atoms with Crippen LogP contribution in [0.15, 0.2) is 28.7 Å². The Morgan fingerprint density at radius 2 is 2.25 bits per heavy atom. The topological polar surface area (TPSA) is 29.1 Å². The summed E-state index contributed by atoms with van der Waals surface area (Å²) >= 11 is 3.41. The molecule has 1 rings (SSSR count). The molecule has 0 spiro atoms. The van der Waals surface area contributed by atoms with Crippen LogP contribution in [0.2, 0.25) is 0 Å². The van der Waals surface area contributed by atoms with Crippen molar-refractivity contribution in [3.05, 3.63) is 34.3 Å². The standard InChI is InChI=1S/C13H18BrNO/c1-3-15-9-10(2)13(16)8-11-5-4-6-12(14)7-11/h4-7,10,15H,3,8-9H2,1-2H3. The molecule has 0 heterocycles. The summed E-state index contributed by atoms with van der Waals surface area (Å²) in [5.41, 5.74) is 1.07. The summed E-state index contributed by atoms with van der Waals surface area (Å²) in [4.78, 5) is 11.9. The molecule has 0 radical (unpaired) electrons. The average Bonchev–Trinajstić information content (AvgIpc) is 2.25. The number of rotatable bonds is 6. The van der Waals surface area contributed by atoms with Crippen LogP contribution in [0.1, 0.15) is 19.4 Å². The molecule has 1 aromatic rings. The van der Waals surface area contributed by atoms with Gasteiger partial charge in [-0.05, 0) is 24.2 Å². The van der Waals surface area contributed by atoms with Gasteiger partial charge in [0.1, 0.15) is 5.78 Å². The minimum absolute atomic E-state index is 0.0823. The van der Waals surface area contributed by atoms with Gasteiger partial charge >= 0.3 is 0 Å². The molecule has 0 saturated heterocycles. The zero-order valence-corrected chi connectivity index (χ0v) is 11.4. The van der Waals surface area contributed by atoms with E-state index in [1.165, 1.54) is 0 Å². The van der Waals surface area contributed by atoms with Crippen molar-refractivity contribution < 1.29 is 4.79 Å². The first-order chi connectivity index (χ1) is 7.63. The van der Waals surface area contributed by atoms with Crippen LogP contribution in [0.25, 0.3) is 0 Å². The molecular weight excluding hydrogens is 266 g/mol. The Bertz CT molecular complexity index is 352. The lowest BCUT2D eigenvalue weighted by Gasteiger charge is -2.10. The van der Waals surface area contributed by atoms with Crippen LogP contribution in [-0.4, -0.2) is 18.9 Å². The highest BCUT2D eigenvalue weighted by Crippen LogP contribution is 2.13. The van der Waals surface area contributed by atoms with E-state index in [0.29, 0.717) is 12.2 Å². The molecule has 0 aliphatic rings. The minimum atomic E-state index is 0.0823. The van der Waals surface area contributed by atoms with Crippen molar-refractivity contribution in [2.24, 2.45) is 5.92 Å². The van der Waals surface area contributed by atoms with E-state index in [2.05, 4.69) is 21.2 Å². The average molecular weight is 284 g/mol. The zero-order chi connectivity index (χ0) is 12.0. The lowest BCUT2D eigenvalue weighted by atomic mass is 9.99. The Hall–Kier alpha value is -0.670. The number of ketones is 1. The molecule has 0 saturated carbocycles. The van der Waals surface area contributed by atoms with Crippen molar-refractivity contribution in [1.82, 2.24) is 5.32 Å². The van der Waals surface area contributed by atoms with Gasteiger partial charge in [-0.2, -0.15) is 0 Å². The number of Topliss-reactive ketones (excluding diaryl/α,β-unsaturated/α-hetero) is 1. The van der Waals surface area contributed by atoms with Crippen molar-refractivity contribution >= 4 is 21.7 Å². The summed E-state index contributed by atoms with van der Waals surface area (Å²) in [6.07, 6.45) is 0.520. The highest BCUT2D eigenvalue weighted by atomic mass is 79.9. The van der Waals surface area contributed by atoms with E-state index in [-0.39, 0.29) is 5.92 Å². The summed E-state index contributed by atoms with van der Waals surface area (Å²) in [5.74, 6) is 0.373. The number of carbonyl (C=O) groups is 1. The summed E-state index contributed by atoms with van der Waals surface area (Å²) in [6, 6.07) is 7.91. The van der Waals surface area contributed by atoms with E-state index in [9.17, 15) is 4.79 Å². The second-order valence-corrected chi connectivity index (χ2v) is 4.90. The third-order valence-corrected chi connectivity index (χ3v) is 3.01. The monoisotopic (exact) mass is 283 g/mol. The summed E-state index contributed by atoms with van der Waals surface area (Å²) in [7, 11) is 0. The van der Waals surface area contributed by atoms with Gasteiger partial charge in [-0.15, -0.1) is 0 Å². The lowest BCUT2D eigenvalue weighted by molar-refractivity contribution is -0.121. The molecule has 0 amide bonds. The summed E-state index contributed by atoms with van der Waals surface area (Å²) in [6.45, 7) is 5.70. The number of hydrogen-bond acceptors (Lipinski definition) is 2. The number of halogens is 1. The molecule has 2 nitrogen and oxygen atoms in total. The van der Waals surface area contributed by atoms with Crippen LogP contribution >= 0.6 is 15.9 Å². The molecular formula is C13H18BrNO. The smallest absolute Gasteiger partial charge is 0.141 e. The minimum Gasteiger partial charge on any atom is -0.316 e. The fourth-order valence-corrected chi connectivity index (χ4v) is 1.94. The van der Waals surface area contributed by atoms with Crippen LogP contribution in [0.5, 0.6) is 0 Å². The molecule has 0 aliphatic carbocycles. The van der Waals surface area contributed by atoms with Crippen molar-refractivity contribution in [3.8, 4) is 0 Å². The van der Waals surface area contributed by atoms with E-state index in [0.717, 1.165) is 23.1 Å². The van der Waals surface area contributed by atoms with E-state index in [1.54, 1.807) is 0 Å². The maximum Gasteiger partial charge on any atom is 0.141 e. The van der Waals surface area contributed by atoms with E-state index in [1.807, 2.05) is 38.1 Å². The Labute approximate surface area is 106 Å². The van der Waals surface area contributed by atoms with Gasteiger partial charge in [0.05, 0.1) is 0 Å². The van der Waals surface area contributed by atoms with Crippen LogP contribution in [0.3, 0.4) is 0 Å². The van der Waals surface area contributed by atoms with E-state index in [4.69, 9.17) is 0 Å². The molecule has 0 bridgehead atoms. The van der Waals surface area contributed by atoms with Crippen molar-refractivity contribution in [2.75, 3.05) is 13.1 Å². The van der Waals surface area contributed by atoms with Crippen molar-refractivity contribution in [1.29, 1.82) is 0 Å². The van der Waals surface area contributed by atoms with E-state index >= 15 is 0 Å². The van der Waals surface area contributed by atoms with Crippen LogP contribution in [0, 0.1) is 5.92 Å². The Morgan fingerprint density at radius 1 is 1.50 bits per heavy atom. The Kier molecular flexibility index (Phi) is 5.71. The third kappa shape index (κ3) is 4.45. The van der Waals surface area contributed by atoms with Gasteiger partial charge in [0, 0.05) is 23.4 Å². The van der Waals surface area contributed by atoms with Crippen molar-refractivity contribution in [3.63, 3.8) is 0 Å². The second kappa shape index (κ2) is 6.81. The molecule has 0 fully saturated rings. The Balaban J connectivity index is 2.50. The Morgan fingerprint density at radius 3 is 2.88 bits per heavy atom. The second-order valence-electron chi connectivity index (χ2n) is 3.98. The maximum atomic E-state index is 11.9. The largest absolute Gasteiger partial charge is 0.316 e. The summed E-state index contributed by atoms with van der Waals surface area (Å²) < 4.78 is 1.03. The molecule has 3 heteroatoms. The SMILES string of the molecule is CCNCC(C)C(=O)Cc1cccc(Br)c1. The first kappa shape index (κ1) is 13.4. The molecule has 1 atom stereocenters. The number of nitrogens with one attached hydrogen (secondary N) is 1. The number of hydrogen-bond donors (Lipinski definition) is 1. The quantitative estimate of drug-likeness (QED) is 0.870. The third-order valence-electron chi connectivity index (χ3n) is 2.52. The molecule has 16 heavy (non-hydrogen) atoms. The molecule has 1 aromatic carbocycles. The van der Waals surface area contributed by atoms with Gasteiger partial charge in [-0.25, -0.2) is 0 Å². The van der Waals surface area contributed by atoms with Crippen LogP contribution in [0.4, 0.5) is 0 Å². The highest BCUT2D eigenvalue weighted by molar-refractivity contribution is 9.10. The van der Waals surface area contributed by atoms with Gasteiger partial charge in [0.25, 0.3) is 0 Å². The van der Waals surface area contributed by atoms with Gasteiger partial charge < -0.3 is 5.32 Å². The van der Waals surface area contributed by atoms with Gasteiger partial charge in [0.15, 0.2) is 0 Å². The maximum absolute atomic E-state index is 11.9. The van der Waals surface area contributed by atoms with Crippen LogP contribution in [-0.2, 0) is 11.2 Å². The van der Waals surface area contributed by atoms with Gasteiger partial charge in [-0.1, -0.05) is 41.9 Å². The fourth-order valence-electron chi connectivity index (χ4n) is 1.50. The number of carbonyl (C=O) groups excluding carboxylic acids is 1. The first-order valence-corrected chi connectivity index (χ1v) is 6.40. The lowest BCUT2D eigenvalue weighted by Crippen LogP contribution is -2.27. The van der Waals surface area contributed by atoms with Gasteiger partial charge in [0.2, 0.25) is 0 Å². The summed E-state index contributed by atoms with van der Waals surface area (Å²) in [5, 5.41) is 3.20. The van der Waals surface area contributed by atoms with Crippen molar-refractivity contribution in [2.45, 2.75) is 20.3 Å². The van der Waals surface area contributed by atoms with E-state index < -0.39 is 0 Å². The molecule has 0 aliphatic heterocycles. The molecule has 1 N–H and O–H groups in total. The predicted octanol–water partition coefficient (Wildman–Crippen LogP) is 2.81. The first-order valence-electron chi connectivity index (χ1n) is 5.61. The normalized spacial score (nSPS) is 12.4. The predicted molar refractivity (Wildman–Crippen MR) is 70.6 cm³/mol. The molecule has 88 valence electrons. The van der Waals surface area contributed by atoms with Crippen LogP contribution < -0.4 is 5.32 Å². The van der Waals surface area contributed by atoms with Gasteiger partial charge in [-0.3, -0.25) is 4.79 Å². The fraction of sp³-hybridized carbons (Fsp3) is 0.462. The molecule has 1 unspecified atom stereocenters. The zero-order valence-electron chi connectivity index (χ0n) is 9.79. The number of benzene rings is 1.